The molecule has 2 rings (SSSR count). The van der Waals surface area contributed by atoms with E-state index in [4.69, 9.17) is 5.11 Å². The smallest absolute Gasteiger partial charge is 0.336 e. The van der Waals surface area contributed by atoms with Crippen molar-refractivity contribution in [3.05, 3.63) is 65.0 Å². The van der Waals surface area contributed by atoms with Crippen molar-refractivity contribution in [2.45, 2.75) is 20.0 Å². The largest absolute Gasteiger partial charge is 0.478 e. The molecule has 4 nitrogen and oxygen atoms in total. The van der Waals surface area contributed by atoms with E-state index in [0.29, 0.717) is 18.7 Å². The summed E-state index contributed by atoms with van der Waals surface area (Å²) >= 11 is 0. The van der Waals surface area contributed by atoms with Crippen LogP contribution >= 0.6 is 0 Å². The summed E-state index contributed by atoms with van der Waals surface area (Å²) < 4.78 is 0. The predicted octanol–water partition coefficient (Wildman–Crippen LogP) is 2.38. The molecule has 2 aromatic rings. The number of aryl methyl sites for hydroxylation is 1. The Morgan fingerprint density at radius 1 is 1.21 bits per heavy atom. The minimum atomic E-state index is -0.891. The number of aromatic carboxylic acids is 1. The van der Waals surface area contributed by atoms with Crippen LogP contribution in [0, 0.1) is 6.92 Å². The fraction of sp³-hybridized carbons (Fsp3) is 0.200. The van der Waals surface area contributed by atoms with E-state index in [9.17, 15) is 4.79 Å². The molecule has 0 amide bonds. The van der Waals surface area contributed by atoms with Crippen LogP contribution in [0.4, 0.5) is 0 Å². The molecule has 0 saturated heterocycles. The van der Waals surface area contributed by atoms with Gasteiger partial charge >= 0.3 is 5.97 Å². The van der Waals surface area contributed by atoms with Gasteiger partial charge in [-0.15, -0.1) is 0 Å². The Kier molecular flexibility index (Phi) is 4.26. The molecule has 98 valence electrons. The molecule has 0 aliphatic carbocycles. The summed E-state index contributed by atoms with van der Waals surface area (Å²) in [4.78, 5) is 15.1. The highest BCUT2D eigenvalue weighted by molar-refractivity contribution is 5.89. The van der Waals surface area contributed by atoms with Gasteiger partial charge in [0.15, 0.2) is 0 Å². The first-order valence-electron chi connectivity index (χ1n) is 6.10. The summed E-state index contributed by atoms with van der Waals surface area (Å²) in [6.07, 6.45) is 3.58. The van der Waals surface area contributed by atoms with Gasteiger partial charge in [-0.25, -0.2) is 4.79 Å². The molecule has 1 aromatic heterocycles. The highest BCUT2D eigenvalue weighted by Crippen LogP contribution is 2.09. The van der Waals surface area contributed by atoms with Crippen molar-refractivity contribution < 1.29 is 9.90 Å². The Hall–Kier alpha value is -2.20. The van der Waals surface area contributed by atoms with E-state index in [2.05, 4.69) is 10.3 Å². The average molecular weight is 256 g/mol. The summed E-state index contributed by atoms with van der Waals surface area (Å²) in [6.45, 7) is 3.24. The lowest BCUT2D eigenvalue weighted by atomic mass is 10.1. The zero-order valence-electron chi connectivity index (χ0n) is 10.8. The minimum Gasteiger partial charge on any atom is -0.478 e. The van der Waals surface area contributed by atoms with E-state index >= 15 is 0 Å². The number of nitrogens with zero attached hydrogens (tertiary/aromatic N) is 1. The van der Waals surface area contributed by atoms with Crippen LogP contribution in [0.1, 0.15) is 27.0 Å². The van der Waals surface area contributed by atoms with Crippen molar-refractivity contribution in [3.63, 3.8) is 0 Å². The first-order chi connectivity index (χ1) is 9.18. The van der Waals surface area contributed by atoms with E-state index in [1.165, 1.54) is 5.56 Å². The molecule has 0 bridgehead atoms. The van der Waals surface area contributed by atoms with Crippen LogP contribution in [-0.2, 0) is 13.1 Å². The van der Waals surface area contributed by atoms with Crippen molar-refractivity contribution in [1.29, 1.82) is 0 Å². The van der Waals surface area contributed by atoms with E-state index in [1.54, 1.807) is 18.3 Å². The first-order valence-corrected chi connectivity index (χ1v) is 6.10. The summed E-state index contributed by atoms with van der Waals surface area (Å²) in [5.41, 5.74) is 3.44. The van der Waals surface area contributed by atoms with Crippen LogP contribution in [0.2, 0.25) is 0 Å². The van der Waals surface area contributed by atoms with Gasteiger partial charge in [0.1, 0.15) is 0 Å². The SMILES string of the molecule is Cc1cnccc1CNCc1ccccc1C(=O)O. The molecule has 0 spiro atoms. The number of nitrogens with one attached hydrogen (secondary N) is 1. The topological polar surface area (TPSA) is 62.2 Å². The highest BCUT2D eigenvalue weighted by Gasteiger charge is 2.08. The lowest BCUT2D eigenvalue weighted by Crippen LogP contribution is -2.16. The van der Waals surface area contributed by atoms with E-state index in [-0.39, 0.29) is 0 Å². The van der Waals surface area contributed by atoms with Crippen molar-refractivity contribution in [2.75, 3.05) is 0 Å². The van der Waals surface area contributed by atoms with Gasteiger partial charge in [-0.05, 0) is 35.7 Å². The maximum Gasteiger partial charge on any atom is 0.336 e. The van der Waals surface area contributed by atoms with Gasteiger partial charge in [0, 0.05) is 25.5 Å². The number of carbonyl (C=O) groups is 1. The Labute approximate surface area is 112 Å². The van der Waals surface area contributed by atoms with Gasteiger partial charge in [0.2, 0.25) is 0 Å². The van der Waals surface area contributed by atoms with E-state index < -0.39 is 5.97 Å². The fourth-order valence-electron chi connectivity index (χ4n) is 1.92. The van der Waals surface area contributed by atoms with Gasteiger partial charge < -0.3 is 10.4 Å². The molecule has 0 unspecified atom stereocenters. The molecular formula is C15H16N2O2. The third kappa shape index (κ3) is 3.39. The number of pyridine rings is 1. The Morgan fingerprint density at radius 2 is 1.95 bits per heavy atom. The molecule has 19 heavy (non-hydrogen) atoms. The van der Waals surface area contributed by atoms with E-state index in [1.807, 2.05) is 31.3 Å². The van der Waals surface area contributed by atoms with Gasteiger partial charge in [0.25, 0.3) is 0 Å². The van der Waals surface area contributed by atoms with Crippen LogP contribution < -0.4 is 5.32 Å². The third-order valence-electron chi connectivity index (χ3n) is 3.02. The molecule has 2 N–H and O–H groups in total. The fourth-order valence-corrected chi connectivity index (χ4v) is 1.92. The molecule has 1 aromatic carbocycles. The van der Waals surface area contributed by atoms with Crippen molar-refractivity contribution in [2.24, 2.45) is 0 Å². The van der Waals surface area contributed by atoms with Crippen LogP contribution in [0.5, 0.6) is 0 Å². The molecule has 0 aliphatic rings. The lowest BCUT2D eigenvalue weighted by Gasteiger charge is -2.09. The van der Waals surface area contributed by atoms with Crippen LogP contribution in [0.15, 0.2) is 42.7 Å². The zero-order chi connectivity index (χ0) is 13.7. The van der Waals surface area contributed by atoms with Crippen molar-refractivity contribution >= 4 is 5.97 Å². The Balaban J connectivity index is 2.00. The minimum absolute atomic E-state index is 0.349. The molecular weight excluding hydrogens is 240 g/mol. The number of carboxylic acid groups (broad SMARTS) is 1. The van der Waals surface area contributed by atoms with Crippen LogP contribution in [0.25, 0.3) is 0 Å². The lowest BCUT2D eigenvalue weighted by molar-refractivity contribution is 0.0695. The van der Waals surface area contributed by atoms with Gasteiger partial charge in [-0.2, -0.15) is 0 Å². The first kappa shape index (κ1) is 13.2. The maximum atomic E-state index is 11.1. The Bertz CT molecular complexity index is 582. The zero-order valence-corrected chi connectivity index (χ0v) is 10.8. The number of hydrogen-bond donors (Lipinski definition) is 2. The number of rotatable bonds is 5. The predicted molar refractivity (Wildman–Crippen MR) is 72.9 cm³/mol. The molecule has 1 heterocycles. The van der Waals surface area contributed by atoms with Crippen LogP contribution in [-0.4, -0.2) is 16.1 Å². The molecule has 0 saturated carbocycles. The quantitative estimate of drug-likeness (QED) is 0.862. The van der Waals surface area contributed by atoms with Gasteiger partial charge in [-0.3, -0.25) is 4.98 Å². The second-order valence-corrected chi connectivity index (χ2v) is 4.37. The number of hydrogen-bond acceptors (Lipinski definition) is 3. The normalized spacial score (nSPS) is 10.4. The molecule has 0 aliphatic heterocycles. The van der Waals surface area contributed by atoms with Gasteiger partial charge in [-0.1, -0.05) is 18.2 Å². The number of carboxylic acids is 1. The second kappa shape index (κ2) is 6.11. The molecule has 0 atom stereocenters. The Morgan fingerprint density at radius 3 is 2.68 bits per heavy atom. The molecule has 4 heteroatoms. The third-order valence-corrected chi connectivity index (χ3v) is 3.02. The van der Waals surface area contributed by atoms with Crippen LogP contribution in [0.3, 0.4) is 0 Å². The summed E-state index contributed by atoms with van der Waals surface area (Å²) in [7, 11) is 0. The summed E-state index contributed by atoms with van der Waals surface area (Å²) in [6, 6.07) is 9.00. The summed E-state index contributed by atoms with van der Waals surface area (Å²) in [5.74, 6) is -0.891. The number of aromatic nitrogens is 1. The van der Waals surface area contributed by atoms with E-state index in [0.717, 1.165) is 11.1 Å². The van der Waals surface area contributed by atoms with Crippen molar-refractivity contribution in [1.82, 2.24) is 10.3 Å². The summed E-state index contributed by atoms with van der Waals surface area (Å²) in [5, 5.41) is 12.4. The standard InChI is InChI=1S/C15H16N2O2/c1-11-8-16-7-6-12(11)9-17-10-13-4-2-3-5-14(13)15(18)19/h2-8,17H,9-10H2,1H3,(H,18,19). The van der Waals surface area contributed by atoms with Gasteiger partial charge in [0.05, 0.1) is 5.56 Å². The monoisotopic (exact) mass is 256 g/mol. The second-order valence-electron chi connectivity index (χ2n) is 4.37. The maximum absolute atomic E-state index is 11.1. The average Bonchev–Trinajstić information content (AvgIpc) is 2.41. The molecule has 0 radical (unpaired) electrons. The number of benzene rings is 1. The molecule has 0 fully saturated rings. The van der Waals surface area contributed by atoms with Crippen molar-refractivity contribution in [3.8, 4) is 0 Å². The highest BCUT2D eigenvalue weighted by atomic mass is 16.4.